The molecule has 1 aliphatic rings. The summed E-state index contributed by atoms with van der Waals surface area (Å²) in [5.41, 5.74) is 1.15. The maximum atomic E-state index is 13.1. The summed E-state index contributed by atoms with van der Waals surface area (Å²) < 4.78 is 45.5. The van der Waals surface area contributed by atoms with Crippen LogP contribution in [-0.4, -0.2) is 57.9 Å². The van der Waals surface area contributed by atoms with Crippen LogP contribution in [0.15, 0.2) is 36.4 Å². The molecule has 29 heavy (non-hydrogen) atoms. The van der Waals surface area contributed by atoms with Gasteiger partial charge in [-0.1, -0.05) is 15.9 Å². The van der Waals surface area contributed by atoms with Crippen LogP contribution in [0.4, 0.5) is 24.7 Å². The van der Waals surface area contributed by atoms with Crippen LogP contribution in [-0.2, 0) is 6.18 Å². The number of ether oxygens (including phenoxy) is 1. The SMILES string of the molecule is FC(F)(F)c1nnc2ccc(N3CCN(c4ccc(OCCBr)cc4)CC3)nn12. The Labute approximate surface area is 173 Å². The Balaban J connectivity index is 1.44. The zero-order valence-corrected chi connectivity index (χ0v) is 16.9. The molecule has 0 spiro atoms. The molecular weight excluding hydrogens is 453 g/mol. The van der Waals surface area contributed by atoms with E-state index in [1.54, 1.807) is 6.07 Å². The van der Waals surface area contributed by atoms with Crippen molar-refractivity contribution in [3.63, 3.8) is 0 Å². The van der Waals surface area contributed by atoms with E-state index < -0.39 is 12.0 Å². The highest BCUT2D eigenvalue weighted by Gasteiger charge is 2.37. The van der Waals surface area contributed by atoms with Crippen molar-refractivity contribution in [3.05, 3.63) is 42.2 Å². The first-order chi connectivity index (χ1) is 14.0. The van der Waals surface area contributed by atoms with E-state index in [-0.39, 0.29) is 5.65 Å². The van der Waals surface area contributed by atoms with Crippen molar-refractivity contribution < 1.29 is 17.9 Å². The molecule has 1 aliphatic heterocycles. The second-order valence-electron chi connectivity index (χ2n) is 6.49. The quantitative estimate of drug-likeness (QED) is 0.533. The first-order valence-corrected chi connectivity index (χ1v) is 10.2. The van der Waals surface area contributed by atoms with Crippen LogP contribution in [0.25, 0.3) is 5.65 Å². The molecule has 0 amide bonds. The molecule has 11 heteroatoms. The van der Waals surface area contributed by atoms with Crippen molar-refractivity contribution in [3.8, 4) is 5.75 Å². The highest BCUT2D eigenvalue weighted by molar-refractivity contribution is 9.09. The standard InChI is InChI=1S/C18H18BrF3N6O/c19-7-12-29-14-3-1-13(2-4-14)26-8-10-27(11-9-26)16-6-5-15-23-24-17(18(20,21)22)28(15)25-16/h1-6H,7-12H2. The van der Waals surface area contributed by atoms with E-state index >= 15 is 0 Å². The predicted octanol–water partition coefficient (Wildman–Crippen LogP) is 3.24. The largest absolute Gasteiger partial charge is 0.493 e. The van der Waals surface area contributed by atoms with Crippen molar-refractivity contribution in [1.82, 2.24) is 19.8 Å². The molecule has 0 aliphatic carbocycles. The molecule has 0 radical (unpaired) electrons. The predicted molar refractivity (Wildman–Crippen MR) is 106 cm³/mol. The van der Waals surface area contributed by atoms with Gasteiger partial charge < -0.3 is 14.5 Å². The van der Waals surface area contributed by atoms with Crippen LogP contribution < -0.4 is 14.5 Å². The Morgan fingerprint density at radius 1 is 0.931 bits per heavy atom. The lowest BCUT2D eigenvalue weighted by Gasteiger charge is -2.36. The van der Waals surface area contributed by atoms with Crippen molar-refractivity contribution in [2.75, 3.05) is 47.9 Å². The average Bonchev–Trinajstić information content (AvgIpc) is 3.16. The number of alkyl halides is 4. The van der Waals surface area contributed by atoms with Gasteiger partial charge in [-0.3, -0.25) is 0 Å². The maximum absolute atomic E-state index is 13.1. The Morgan fingerprint density at radius 3 is 2.28 bits per heavy atom. The third kappa shape index (κ3) is 4.24. The first-order valence-electron chi connectivity index (χ1n) is 9.04. The van der Waals surface area contributed by atoms with Gasteiger partial charge in [0.2, 0.25) is 0 Å². The van der Waals surface area contributed by atoms with E-state index in [0.29, 0.717) is 25.5 Å². The van der Waals surface area contributed by atoms with Crippen LogP contribution in [0, 0.1) is 0 Å². The van der Waals surface area contributed by atoms with E-state index in [2.05, 4.69) is 36.1 Å². The molecule has 7 nitrogen and oxygen atoms in total. The fourth-order valence-corrected chi connectivity index (χ4v) is 3.39. The zero-order valence-electron chi connectivity index (χ0n) is 15.3. The average molecular weight is 471 g/mol. The molecule has 0 unspecified atom stereocenters. The van der Waals surface area contributed by atoms with Gasteiger partial charge >= 0.3 is 6.18 Å². The Morgan fingerprint density at radius 2 is 1.62 bits per heavy atom. The minimum atomic E-state index is -4.60. The van der Waals surface area contributed by atoms with Gasteiger partial charge in [-0.2, -0.15) is 17.7 Å². The molecular formula is C18H18BrF3N6O. The number of hydrogen-bond donors (Lipinski definition) is 0. The van der Waals surface area contributed by atoms with Crippen molar-refractivity contribution >= 4 is 33.1 Å². The van der Waals surface area contributed by atoms with Crippen LogP contribution in [0.5, 0.6) is 5.75 Å². The lowest BCUT2D eigenvalue weighted by Crippen LogP contribution is -2.47. The monoisotopic (exact) mass is 470 g/mol. The number of hydrogen-bond acceptors (Lipinski definition) is 6. The Bertz CT molecular complexity index is 970. The Kier molecular flexibility index (Phi) is 5.48. The summed E-state index contributed by atoms with van der Waals surface area (Å²) in [5, 5.41) is 11.7. The highest BCUT2D eigenvalue weighted by atomic mass is 79.9. The van der Waals surface area contributed by atoms with Gasteiger partial charge in [-0.25, -0.2) is 0 Å². The molecule has 0 N–H and O–H groups in total. The number of benzene rings is 1. The maximum Gasteiger partial charge on any atom is 0.453 e. The van der Waals surface area contributed by atoms with Crippen molar-refractivity contribution in [2.24, 2.45) is 0 Å². The fraction of sp³-hybridized carbons (Fsp3) is 0.389. The number of rotatable bonds is 5. The Hall–Kier alpha value is -2.56. The molecule has 2 aromatic heterocycles. The summed E-state index contributed by atoms with van der Waals surface area (Å²) in [5.74, 6) is 0.176. The molecule has 1 saturated heterocycles. The van der Waals surface area contributed by atoms with Crippen LogP contribution >= 0.6 is 15.9 Å². The van der Waals surface area contributed by atoms with Gasteiger partial charge in [0.15, 0.2) is 5.65 Å². The van der Waals surface area contributed by atoms with Gasteiger partial charge in [0.05, 0.1) is 6.61 Å². The second kappa shape index (κ2) is 8.05. The summed E-state index contributed by atoms with van der Waals surface area (Å²) in [6.45, 7) is 3.36. The normalized spacial score (nSPS) is 15.2. The third-order valence-corrected chi connectivity index (χ3v) is 4.98. The molecule has 154 valence electrons. The molecule has 4 rings (SSSR count). The van der Waals surface area contributed by atoms with Crippen molar-refractivity contribution in [2.45, 2.75) is 6.18 Å². The van der Waals surface area contributed by atoms with Crippen LogP contribution in [0.1, 0.15) is 5.82 Å². The zero-order chi connectivity index (χ0) is 20.4. The highest BCUT2D eigenvalue weighted by Crippen LogP contribution is 2.28. The lowest BCUT2D eigenvalue weighted by molar-refractivity contribution is -0.146. The van der Waals surface area contributed by atoms with Crippen molar-refractivity contribution in [1.29, 1.82) is 0 Å². The minimum Gasteiger partial charge on any atom is -0.493 e. The molecule has 1 fully saturated rings. The van der Waals surface area contributed by atoms with E-state index in [0.717, 1.165) is 34.4 Å². The van der Waals surface area contributed by atoms with E-state index in [1.165, 1.54) is 6.07 Å². The van der Waals surface area contributed by atoms with E-state index in [4.69, 9.17) is 4.74 Å². The number of halogens is 4. The second-order valence-corrected chi connectivity index (χ2v) is 7.28. The van der Waals surface area contributed by atoms with Gasteiger partial charge in [0.25, 0.3) is 5.82 Å². The topological polar surface area (TPSA) is 58.8 Å². The van der Waals surface area contributed by atoms with Gasteiger partial charge in [0, 0.05) is 37.2 Å². The summed E-state index contributed by atoms with van der Waals surface area (Å²) in [4.78, 5) is 4.19. The minimum absolute atomic E-state index is 0.0712. The molecule has 0 bridgehead atoms. The summed E-state index contributed by atoms with van der Waals surface area (Å²) in [6.07, 6.45) is -4.60. The number of anilines is 2. The summed E-state index contributed by atoms with van der Waals surface area (Å²) in [6, 6.07) is 11.1. The van der Waals surface area contributed by atoms with E-state index in [9.17, 15) is 13.2 Å². The molecule has 3 heterocycles. The fourth-order valence-electron chi connectivity index (χ4n) is 3.23. The number of piperazine rings is 1. The third-order valence-electron chi connectivity index (χ3n) is 4.65. The molecule has 0 saturated carbocycles. The van der Waals surface area contributed by atoms with Crippen LogP contribution in [0.3, 0.4) is 0 Å². The van der Waals surface area contributed by atoms with E-state index in [1.807, 2.05) is 29.2 Å². The molecule has 3 aromatic rings. The first kappa shape index (κ1) is 19.7. The van der Waals surface area contributed by atoms with Gasteiger partial charge in [0.1, 0.15) is 11.6 Å². The number of fused-ring (bicyclic) bond motifs is 1. The van der Waals surface area contributed by atoms with Gasteiger partial charge in [-0.15, -0.1) is 15.3 Å². The molecule has 0 atom stereocenters. The number of aromatic nitrogens is 4. The van der Waals surface area contributed by atoms with Crippen LogP contribution in [0.2, 0.25) is 0 Å². The lowest BCUT2D eigenvalue weighted by atomic mass is 10.2. The summed E-state index contributed by atoms with van der Waals surface area (Å²) in [7, 11) is 0. The van der Waals surface area contributed by atoms with Gasteiger partial charge in [-0.05, 0) is 36.4 Å². The number of nitrogens with zero attached hydrogens (tertiary/aromatic N) is 6. The molecule has 1 aromatic carbocycles. The smallest absolute Gasteiger partial charge is 0.453 e. The summed E-state index contributed by atoms with van der Waals surface area (Å²) >= 11 is 3.33.